The second-order valence-corrected chi connectivity index (χ2v) is 5.38. The number of anilines is 1. The monoisotopic (exact) mass is 221 g/mol. The van der Waals surface area contributed by atoms with E-state index in [1.807, 2.05) is 12.1 Å². The van der Waals surface area contributed by atoms with Gasteiger partial charge in [0, 0.05) is 0 Å². The molecule has 0 saturated carbocycles. The normalized spacial score (nSPS) is 11.5. The quantitative estimate of drug-likeness (QED) is 0.788. The molecular weight excluding hydrogens is 198 g/mol. The van der Waals surface area contributed by atoms with Crippen molar-refractivity contribution in [2.75, 3.05) is 12.3 Å². The van der Waals surface area contributed by atoms with Crippen molar-refractivity contribution in [1.82, 2.24) is 0 Å². The predicted octanol–water partition coefficient (Wildman–Crippen LogP) is 3.65. The van der Waals surface area contributed by atoms with Crippen molar-refractivity contribution in [3.63, 3.8) is 0 Å². The van der Waals surface area contributed by atoms with Gasteiger partial charge in [0.1, 0.15) is 5.75 Å². The van der Waals surface area contributed by atoms with Crippen molar-refractivity contribution in [2.45, 2.75) is 40.5 Å². The smallest absolute Gasteiger partial charge is 0.142 e. The summed E-state index contributed by atoms with van der Waals surface area (Å²) in [6.45, 7) is 9.47. The van der Waals surface area contributed by atoms with Gasteiger partial charge in [-0.25, -0.2) is 0 Å². The van der Waals surface area contributed by atoms with Gasteiger partial charge in [0.15, 0.2) is 0 Å². The number of hydrogen-bond donors (Lipinski definition) is 1. The van der Waals surface area contributed by atoms with Crippen LogP contribution in [0.15, 0.2) is 18.2 Å². The van der Waals surface area contributed by atoms with E-state index in [1.54, 1.807) is 0 Å². The zero-order valence-corrected chi connectivity index (χ0v) is 10.8. The van der Waals surface area contributed by atoms with Crippen LogP contribution in [0, 0.1) is 5.41 Å². The lowest BCUT2D eigenvalue weighted by Gasteiger charge is -2.18. The van der Waals surface area contributed by atoms with Crippen LogP contribution in [0.2, 0.25) is 0 Å². The van der Waals surface area contributed by atoms with E-state index in [0.29, 0.717) is 5.41 Å². The Balaban J connectivity index is 2.55. The van der Waals surface area contributed by atoms with Crippen LogP contribution < -0.4 is 10.5 Å². The van der Waals surface area contributed by atoms with Gasteiger partial charge < -0.3 is 10.5 Å². The van der Waals surface area contributed by atoms with Crippen LogP contribution >= 0.6 is 0 Å². The molecule has 0 saturated heterocycles. The van der Waals surface area contributed by atoms with Crippen LogP contribution in [0.5, 0.6) is 5.75 Å². The molecule has 0 fully saturated rings. The maximum Gasteiger partial charge on any atom is 0.142 e. The molecule has 0 unspecified atom stereocenters. The predicted molar refractivity (Wildman–Crippen MR) is 69.8 cm³/mol. The fourth-order valence-corrected chi connectivity index (χ4v) is 1.42. The molecule has 0 aromatic heterocycles. The Morgan fingerprint density at radius 1 is 1.25 bits per heavy atom. The minimum absolute atomic E-state index is 0.304. The van der Waals surface area contributed by atoms with Crippen molar-refractivity contribution in [2.24, 2.45) is 5.41 Å². The molecule has 2 nitrogen and oxygen atoms in total. The highest BCUT2D eigenvalue weighted by Crippen LogP contribution is 2.24. The lowest BCUT2D eigenvalue weighted by molar-refractivity contribution is 0.244. The number of aryl methyl sites for hydroxylation is 1. The standard InChI is InChI=1S/C14H23NO/c1-5-11-6-7-13(12(15)10-11)16-9-8-14(2,3)4/h6-7,10H,5,8-9,15H2,1-4H3. The summed E-state index contributed by atoms with van der Waals surface area (Å²) < 4.78 is 5.69. The Labute approximate surface area is 98.8 Å². The summed E-state index contributed by atoms with van der Waals surface area (Å²) in [6, 6.07) is 6.03. The van der Waals surface area contributed by atoms with Gasteiger partial charge in [0.05, 0.1) is 12.3 Å². The summed E-state index contributed by atoms with van der Waals surface area (Å²) in [7, 11) is 0. The van der Waals surface area contributed by atoms with Gasteiger partial charge >= 0.3 is 0 Å². The Morgan fingerprint density at radius 3 is 2.44 bits per heavy atom. The van der Waals surface area contributed by atoms with Crippen LogP contribution in [-0.2, 0) is 6.42 Å². The SMILES string of the molecule is CCc1ccc(OCCC(C)(C)C)c(N)c1. The van der Waals surface area contributed by atoms with Crippen molar-refractivity contribution in [3.05, 3.63) is 23.8 Å². The fourth-order valence-electron chi connectivity index (χ4n) is 1.42. The summed E-state index contributed by atoms with van der Waals surface area (Å²) in [5, 5.41) is 0. The second kappa shape index (κ2) is 5.24. The van der Waals surface area contributed by atoms with Crippen LogP contribution in [0.1, 0.15) is 39.7 Å². The number of benzene rings is 1. The van der Waals surface area contributed by atoms with Crippen LogP contribution in [-0.4, -0.2) is 6.61 Å². The Morgan fingerprint density at radius 2 is 1.94 bits per heavy atom. The highest BCUT2D eigenvalue weighted by atomic mass is 16.5. The van der Waals surface area contributed by atoms with Gasteiger partial charge in [-0.05, 0) is 36.0 Å². The van der Waals surface area contributed by atoms with E-state index in [2.05, 4.69) is 33.8 Å². The molecule has 2 heteroatoms. The lowest BCUT2D eigenvalue weighted by atomic mass is 9.93. The molecule has 2 N–H and O–H groups in total. The third kappa shape index (κ3) is 4.13. The molecule has 0 bridgehead atoms. The topological polar surface area (TPSA) is 35.2 Å². The molecule has 0 aliphatic carbocycles. The Hall–Kier alpha value is -1.18. The maximum absolute atomic E-state index is 5.92. The fraction of sp³-hybridized carbons (Fsp3) is 0.571. The minimum Gasteiger partial charge on any atom is -0.491 e. The van der Waals surface area contributed by atoms with E-state index in [4.69, 9.17) is 10.5 Å². The van der Waals surface area contributed by atoms with E-state index in [-0.39, 0.29) is 0 Å². The zero-order valence-electron chi connectivity index (χ0n) is 10.8. The highest BCUT2D eigenvalue weighted by molar-refractivity contribution is 5.54. The molecule has 0 heterocycles. The first-order valence-corrected chi connectivity index (χ1v) is 5.93. The number of nitrogens with two attached hydrogens (primary N) is 1. The van der Waals surface area contributed by atoms with E-state index in [9.17, 15) is 0 Å². The maximum atomic E-state index is 5.92. The summed E-state index contributed by atoms with van der Waals surface area (Å²) >= 11 is 0. The molecule has 1 aromatic rings. The van der Waals surface area contributed by atoms with E-state index in [0.717, 1.165) is 30.9 Å². The first-order valence-electron chi connectivity index (χ1n) is 5.93. The van der Waals surface area contributed by atoms with Gasteiger partial charge in [-0.15, -0.1) is 0 Å². The zero-order chi connectivity index (χ0) is 12.2. The van der Waals surface area contributed by atoms with E-state index in [1.165, 1.54) is 5.56 Å². The van der Waals surface area contributed by atoms with Crippen molar-refractivity contribution in [3.8, 4) is 5.75 Å². The summed E-state index contributed by atoms with van der Waals surface area (Å²) in [5.41, 5.74) is 8.22. The van der Waals surface area contributed by atoms with E-state index >= 15 is 0 Å². The molecule has 0 atom stereocenters. The molecule has 0 aliphatic heterocycles. The molecular formula is C14H23NO. The number of nitrogen functional groups attached to an aromatic ring is 1. The Kier molecular flexibility index (Phi) is 4.22. The van der Waals surface area contributed by atoms with Crippen molar-refractivity contribution in [1.29, 1.82) is 0 Å². The number of ether oxygens (including phenoxy) is 1. The van der Waals surface area contributed by atoms with E-state index < -0.39 is 0 Å². The number of hydrogen-bond acceptors (Lipinski definition) is 2. The molecule has 1 aromatic carbocycles. The highest BCUT2D eigenvalue weighted by Gasteiger charge is 2.10. The molecule has 0 spiro atoms. The molecule has 0 aliphatic rings. The molecule has 16 heavy (non-hydrogen) atoms. The largest absolute Gasteiger partial charge is 0.491 e. The average Bonchev–Trinajstić information content (AvgIpc) is 2.18. The third-order valence-electron chi connectivity index (χ3n) is 2.59. The first kappa shape index (κ1) is 12.9. The van der Waals surface area contributed by atoms with Gasteiger partial charge in [-0.3, -0.25) is 0 Å². The molecule has 0 radical (unpaired) electrons. The van der Waals surface area contributed by atoms with Gasteiger partial charge in [-0.1, -0.05) is 33.8 Å². The molecule has 0 amide bonds. The number of rotatable bonds is 4. The summed E-state index contributed by atoms with van der Waals surface area (Å²) in [4.78, 5) is 0. The molecule has 90 valence electrons. The minimum atomic E-state index is 0.304. The third-order valence-corrected chi connectivity index (χ3v) is 2.59. The van der Waals surface area contributed by atoms with Crippen molar-refractivity contribution < 1.29 is 4.74 Å². The van der Waals surface area contributed by atoms with Crippen LogP contribution in [0.3, 0.4) is 0 Å². The van der Waals surface area contributed by atoms with Gasteiger partial charge in [0.25, 0.3) is 0 Å². The summed E-state index contributed by atoms with van der Waals surface area (Å²) in [6.07, 6.45) is 2.04. The molecule has 1 rings (SSSR count). The van der Waals surface area contributed by atoms with Crippen molar-refractivity contribution >= 4 is 5.69 Å². The Bertz CT molecular complexity index is 339. The van der Waals surface area contributed by atoms with Crippen LogP contribution in [0.4, 0.5) is 5.69 Å². The van der Waals surface area contributed by atoms with Gasteiger partial charge in [0.2, 0.25) is 0 Å². The first-order chi connectivity index (χ1) is 7.42. The van der Waals surface area contributed by atoms with Gasteiger partial charge in [-0.2, -0.15) is 0 Å². The summed E-state index contributed by atoms with van der Waals surface area (Å²) in [5.74, 6) is 0.807. The second-order valence-electron chi connectivity index (χ2n) is 5.38. The lowest BCUT2D eigenvalue weighted by Crippen LogP contribution is -2.11. The van der Waals surface area contributed by atoms with Crippen LogP contribution in [0.25, 0.3) is 0 Å². The average molecular weight is 221 g/mol.